The maximum Gasteiger partial charge on any atom is 0.513 e. The van der Waals surface area contributed by atoms with Crippen molar-refractivity contribution < 1.29 is 47.6 Å². The SMILES string of the molecule is CCOC(=O)Oc1ccc(C[C@H](NCCOC(=O)c2ccccc2)C(=O)OC)cc1OC(=O)OCC.Cl. The second kappa shape index (κ2) is 16.8. The van der Waals surface area contributed by atoms with Crippen LogP contribution >= 0.6 is 12.4 Å². The van der Waals surface area contributed by atoms with Crippen molar-refractivity contribution >= 4 is 36.7 Å². The van der Waals surface area contributed by atoms with Crippen molar-refractivity contribution in [2.24, 2.45) is 0 Å². The van der Waals surface area contributed by atoms with Crippen LogP contribution < -0.4 is 14.8 Å². The first-order chi connectivity index (χ1) is 17.4. The molecule has 0 radical (unpaired) electrons. The number of hydrogen-bond acceptors (Lipinski definition) is 11. The van der Waals surface area contributed by atoms with Crippen LogP contribution in [0.3, 0.4) is 0 Å². The van der Waals surface area contributed by atoms with E-state index in [0.717, 1.165) is 0 Å². The number of carbonyl (C=O) groups is 4. The van der Waals surface area contributed by atoms with E-state index >= 15 is 0 Å². The zero-order chi connectivity index (χ0) is 26.3. The lowest BCUT2D eigenvalue weighted by molar-refractivity contribution is -0.143. The van der Waals surface area contributed by atoms with Crippen LogP contribution in [0.5, 0.6) is 11.5 Å². The van der Waals surface area contributed by atoms with Gasteiger partial charge in [0.2, 0.25) is 0 Å². The highest BCUT2D eigenvalue weighted by Gasteiger charge is 2.22. The Morgan fingerprint density at radius 3 is 2.05 bits per heavy atom. The van der Waals surface area contributed by atoms with Crippen molar-refractivity contribution in [1.82, 2.24) is 5.32 Å². The predicted molar refractivity (Wildman–Crippen MR) is 133 cm³/mol. The number of ether oxygens (including phenoxy) is 6. The van der Waals surface area contributed by atoms with E-state index in [9.17, 15) is 19.2 Å². The third-order valence-corrected chi connectivity index (χ3v) is 4.58. The van der Waals surface area contributed by atoms with E-state index in [1.165, 1.54) is 19.2 Å². The van der Waals surface area contributed by atoms with Gasteiger partial charge >= 0.3 is 24.2 Å². The predicted octanol–water partition coefficient (Wildman–Crippen LogP) is 3.71. The van der Waals surface area contributed by atoms with E-state index < -0.39 is 30.3 Å². The molecule has 2 aromatic rings. The van der Waals surface area contributed by atoms with Crippen molar-refractivity contribution in [2.75, 3.05) is 33.5 Å². The minimum absolute atomic E-state index is 0. The summed E-state index contributed by atoms with van der Waals surface area (Å²) in [5.41, 5.74) is 0.968. The Bertz CT molecular complexity index is 1030. The fraction of sp³-hybridized carbons (Fsp3) is 0.360. The molecular weight excluding hydrogens is 510 g/mol. The molecule has 0 fully saturated rings. The number of nitrogens with one attached hydrogen (secondary N) is 1. The van der Waals surface area contributed by atoms with E-state index in [4.69, 9.17) is 28.4 Å². The molecule has 0 saturated heterocycles. The van der Waals surface area contributed by atoms with Crippen molar-refractivity contribution in [3.63, 3.8) is 0 Å². The first-order valence-corrected chi connectivity index (χ1v) is 11.2. The van der Waals surface area contributed by atoms with Crippen molar-refractivity contribution in [1.29, 1.82) is 0 Å². The van der Waals surface area contributed by atoms with Crippen LogP contribution in [0.1, 0.15) is 29.8 Å². The van der Waals surface area contributed by atoms with Gasteiger partial charge in [-0.1, -0.05) is 24.3 Å². The van der Waals surface area contributed by atoms with Gasteiger partial charge in [0.25, 0.3) is 0 Å². The monoisotopic (exact) mass is 539 g/mol. The third kappa shape index (κ3) is 10.8. The molecule has 0 heterocycles. The van der Waals surface area contributed by atoms with E-state index in [1.807, 2.05) is 0 Å². The van der Waals surface area contributed by atoms with E-state index in [-0.39, 0.29) is 56.7 Å². The van der Waals surface area contributed by atoms with Gasteiger partial charge in [0.1, 0.15) is 12.6 Å². The second-order valence-corrected chi connectivity index (χ2v) is 7.09. The molecule has 0 unspecified atom stereocenters. The van der Waals surface area contributed by atoms with Gasteiger partial charge in [-0.15, -0.1) is 12.4 Å². The lowest BCUT2D eigenvalue weighted by atomic mass is 10.1. The van der Waals surface area contributed by atoms with Crippen LogP contribution in [0.25, 0.3) is 0 Å². The molecule has 1 atom stereocenters. The first kappa shape index (κ1) is 31.2. The highest BCUT2D eigenvalue weighted by atomic mass is 35.5. The summed E-state index contributed by atoms with van der Waals surface area (Å²) in [5.74, 6) is -1.20. The van der Waals surface area contributed by atoms with Crippen LogP contribution in [-0.2, 0) is 30.2 Å². The van der Waals surface area contributed by atoms with Crippen molar-refractivity contribution in [2.45, 2.75) is 26.3 Å². The molecule has 202 valence electrons. The molecule has 2 rings (SSSR count). The zero-order valence-electron chi connectivity index (χ0n) is 20.7. The first-order valence-electron chi connectivity index (χ1n) is 11.2. The standard InChI is InChI=1S/C25H29NO10.ClH/c1-4-32-24(29)35-20-12-11-17(16-21(20)36-25(30)33-5-2)15-19(23(28)31-3)26-13-14-34-22(27)18-9-7-6-8-10-18;/h6-12,16,19,26H,4-5,13-15H2,1-3H3;1H/t19-;/m0./s1. The number of methoxy groups -OCH3 is 1. The molecule has 0 saturated carbocycles. The molecule has 0 amide bonds. The molecule has 0 spiro atoms. The number of esters is 2. The zero-order valence-corrected chi connectivity index (χ0v) is 21.5. The largest absolute Gasteiger partial charge is 0.513 e. The maximum atomic E-state index is 12.3. The van der Waals surface area contributed by atoms with Crippen molar-refractivity contribution in [3.05, 3.63) is 59.7 Å². The Kier molecular flexibility index (Phi) is 14.1. The summed E-state index contributed by atoms with van der Waals surface area (Å²) in [4.78, 5) is 47.9. The van der Waals surface area contributed by atoms with Crippen molar-refractivity contribution in [3.8, 4) is 11.5 Å². The normalized spacial score (nSPS) is 10.8. The Balaban J connectivity index is 0.00000684. The average molecular weight is 540 g/mol. The highest BCUT2D eigenvalue weighted by Crippen LogP contribution is 2.30. The van der Waals surface area contributed by atoms with Gasteiger partial charge in [-0.05, 0) is 50.1 Å². The van der Waals surface area contributed by atoms with Gasteiger partial charge in [0.15, 0.2) is 11.5 Å². The number of carbonyl (C=O) groups excluding carboxylic acids is 4. The topological polar surface area (TPSA) is 136 Å². The molecule has 37 heavy (non-hydrogen) atoms. The average Bonchev–Trinajstić information content (AvgIpc) is 2.87. The summed E-state index contributed by atoms with van der Waals surface area (Å²) in [6.45, 7) is 3.59. The Morgan fingerprint density at radius 2 is 1.46 bits per heavy atom. The van der Waals surface area contributed by atoms with Crippen LogP contribution in [0.2, 0.25) is 0 Å². The highest BCUT2D eigenvalue weighted by molar-refractivity contribution is 5.89. The third-order valence-electron chi connectivity index (χ3n) is 4.58. The summed E-state index contributed by atoms with van der Waals surface area (Å²) in [7, 11) is 1.25. The minimum Gasteiger partial charge on any atom is -0.468 e. The lowest BCUT2D eigenvalue weighted by Gasteiger charge is -2.18. The summed E-state index contributed by atoms with van der Waals surface area (Å²) in [6, 6.07) is 12.1. The van der Waals surface area contributed by atoms with Crippen LogP contribution in [0.4, 0.5) is 9.59 Å². The Labute approximate surface area is 220 Å². The summed E-state index contributed by atoms with van der Waals surface area (Å²) < 4.78 is 29.9. The van der Waals surface area contributed by atoms with Gasteiger partial charge in [-0.2, -0.15) is 0 Å². The quantitative estimate of drug-likeness (QED) is 0.183. The summed E-state index contributed by atoms with van der Waals surface area (Å²) >= 11 is 0. The van der Waals surface area contributed by atoms with Gasteiger partial charge in [-0.25, -0.2) is 14.4 Å². The Morgan fingerprint density at radius 1 is 0.838 bits per heavy atom. The van der Waals surface area contributed by atoms with E-state index in [1.54, 1.807) is 50.2 Å². The fourth-order valence-corrected chi connectivity index (χ4v) is 2.97. The van der Waals surface area contributed by atoms with Crippen LogP contribution in [-0.4, -0.2) is 63.8 Å². The van der Waals surface area contributed by atoms with Gasteiger partial charge in [0.05, 0.1) is 25.9 Å². The summed E-state index contributed by atoms with van der Waals surface area (Å²) in [6.07, 6.45) is -1.85. The Hall–Kier alpha value is -3.83. The smallest absolute Gasteiger partial charge is 0.468 e. The number of benzene rings is 2. The van der Waals surface area contributed by atoms with Gasteiger partial charge in [-0.3, -0.25) is 4.79 Å². The molecule has 0 aromatic heterocycles. The van der Waals surface area contributed by atoms with Gasteiger partial charge < -0.3 is 33.7 Å². The van der Waals surface area contributed by atoms with E-state index in [2.05, 4.69) is 5.32 Å². The fourth-order valence-electron chi connectivity index (χ4n) is 2.97. The summed E-state index contributed by atoms with van der Waals surface area (Å²) in [5, 5.41) is 2.98. The molecule has 0 bridgehead atoms. The molecule has 0 aliphatic carbocycles. The number of hydrogen-bond donors (Lipinski definition) is 1. The van der Waals surface area contributed by atoms with Crippen LogP contribution in [0.15, 0.2) is 48.5 Å². The molecular formula is C25H30ClNO10. The molecule has 0 aliphatic rings. The number of halogens is 1. The molecule has 2 aromatic carbocycles. The second-order valence-electron chi connectivity index (χ2n) is 7.09. The van der Waals surface area contributed by atoms with Crippen LogP contribution in [0, 0.1) is 0 Å². The molecule has 11 nitrogen and oxygen atoms in total. The minimum atomic E-state index is -0.994. The number of rotatable bonds is 12. The molecule has 1 N–H and O–H groups in total. The lowest BCUT2D eigenvalue weighted by Crippen LogP contribution is -2.41. The van der Waals surface area contributed by atoms with Gasteiger partial charge in [0, 0.05) is 6.54 Å². The molecule has 12 heteroatoms. The maximum absolute atomic E-state index is 12.3. The molecule has 0 aliphatic heterocycles. The van der Waals surface area contributed by atoms with E-state index in [0.29, 0.717) is 11.1 Å².